The Morgan fingerprint density at radius 3 is 2.30 bits per heavy atom. The Hall–Kier alpha value is -2.74. The number of aryl methyl sites for hydroxylation is 1. The minimum absolute atomic E-state index is 0.282. The van der Waals surface area contributed by atoms with Crippen LogP contribution in [0.3, 0.4) is 0 Å². The molecule has 0 radical (unpaired) electrons. The van der Waals surface area contributed by atoms with Gasteiger partial charge in [0.15, 0.2) is 0 Å². The first-order valence-corrected chi connectivity index (χ1v) is 11.3. The highest BCUT2D eigenvalue weighted by atomic mass is 15.3. The van der Waals surface area contributed by atoms with E-state index in [-0.39, 0.29) is 5.54 Å². The van der Waals surface area contributed by atoms with Gasteiger partial charge < -0.3 is 9.47 Å². The van der Waals surface area contributed by atoms with Gasteiger partial charge in [0.25, 0.3) is 0 Å². The highest BCUT2D eigenvalue weighted by Crippen LogP contribution is 2.59. The fourth-order valence-electron chi connectivity index (χ4n) is 6.67. The number of para-hydroxylation sites is 2. The van der Waals surface area contributed by atoms with Crippen molar-refractivity contribution in [3.63, 3.8) is 0 Å². The van der Waals surface area contributed by atoms with Crippen LogP contribution in [0.2, 0.25) is 0 Å². The van der Waals surface area contributed by atoms with Gasteiger partial charge in [-0.05, 0) is 81.3 Å². The number of rotatable bonds is 2. The lowest BCUT2D eigenvalue weighted by Gasteiger charge is -2.45. The molecule has 0 N–H and O–H groups in total. The second-order valence-corrected chi connectivity index (χ2v) is 10.2. The molecule has 2 heterocycles. The zero-order chi connectivity index (χ0) is 20.7. The Morgan fingerprint density at radius 1 is 0.833 bits per heavy atom. The van der Waals surface area contributed by atoms with E-state index in [0.717, 1.165) is 0 Å². The van der Waals surface area contributed by atoms with Gasteiger partial charge in [-0.3, -0.25) is 0 Å². The maximum atomic E-state index is 2.76. The first-order valence-electron chi connectivity index (χ1n) is 11.3. The number of fused-ring (bicyclic) bond motifs is 5. The van der Waals surface area contributed by atoms with E-state index in [2.05, 4.69) is 104 Å². The molecule has 0 spiro atoms. The van der Waals surface area contributed by atoms with Gasteiger partial charge in [-0.15, -0.1) is 0 Å². The summed E-state index contributed by atoms with van der Waals surface area (Å²) in [5.74, 6) is 0. The number of nitrogens with zero attached hydrogens (tertiary/aromatic N) is 2. The summed E-state index contributed by atoms with van der Waals surface area (Å²) in [6, 6.07) is 25.1. The summed E-state index contributed by atoms with van der Waals surface area (Å²) in [7, 11) is 0. The molecule has 2 aliphatic rings. The number of anilines is 1. The number of hydrogen-bond acceptors (Lipinski definition) is 1. The van der Waals surface area contributed by atoms with Gasteiger partial charge in [-0.2, -0.15) is 0 Å². The third-order valence-corrected chi connectivity index (χ3v) is 8.26. The fraction of sp³-hybridized carbons (Fsp3) is 0.357. The lowest BCUT2D eigenvalue weighted by atomic mass is 9.82. The van der Waals surface area contributed by atoms with E-state index in [9.17, 15) is 0 Å². The topological polar surface area (TPSA) is 8.17 Å². The van der Waals surface area contributed by atoms with Gasteiger partial charge >= 0.3 is 0 Å². The Kier molecular flexibility index (Phi) is 3.56. The number of aromatic nitrogens is 1. The van der Waals surface area contributed by atoms with Crippen molar-refractivity contribution in [2.75, 3.05) is 4.90 Å². The molecule has 1 aromatic heterocycles. The van der Waals surface area contributed by atoms with Crippen LogP contribution < -0.4 is 4.90 Å². The predicted molar refractivity (Wildman–Crippen MR) is 128 cm³/mol. The summed E-state index contributed by atoms with van der Waals surface area (Å²) in [6.07, 6.45) is 3.97. The van der Waals surface area contributed by atoms with E-state index in [4.69, 9.17) is 0 Å². The molecule has 1 aliphatic heterocycles. The second kappa shape index (κ2) is 5.91. The van der Waals surface area contributed by atoms with Crippen LogP contribution in [0.5, 0.6) is 0 Å². The summed E-state index contributed by atoms with van der Waals surface area (Å²) in [5, 5.41) is 2.70. The molecular formula is C28H30N2. The zero-order valence-corrected chi connectivity index (χ0v) is 18.4. The lowest BCUT2D eigenvalue weighted by molar-refractivity contribution is 0.290. The minimum Gasteiger partial charge on any atom is -0.363 e. The Morgan fingerprint density at radius 2 is 1.57 bits per heavy atom. The summed E-state index contributed by atoms with van der Waals surface area (Å²) in [5.41, 5.74) is 7.34. The maximum Gasteiger partial charge on any atom is 0.0545 e. The van der Waals surface area contributed by atoms with Crippen molar-refractivity contribution in [1.29, 1.82) is 0 Å². The average Bonchev–Trinajstić information content (AvgIpc) is 3.30. The maximum absolute atomic E-state index is 2.76. The van der Waals surface area contributed by atoms with E-state index in [0.29, 0.717) is 11.5 Å². The summed E-state index contributed by atoms with van der Waals surface area (Å²) in [6.45, 7) is 9.73. The fourth-order valence-corrected chi connectivity index (χ4v) is 6.67. The van der Waals surface area contributed by atoms with Crippen molar-refractivity contribution in [3.05, 3.63) is 72.3 Å². The minimum atomic E-state index is 0.282. The molecular weight excluding hydrogens is 364 g/mol. The molecule has 2 fully saturated rings. The Labute approximate surface area is 179 Å². The van der Waals surface area contributed by atoms with E-state index in [1.165, 1.54) is 58.0 Å². The van der Waals surface area contributed by atoms with Gasteiger partial charge in [-0.25, -0.2) is 0 Å². The van der Waals surface area contributed by atoms with Crippen LogP contribution in [0.1, 0.15) is 45.6 Å². The molecule has 2 bridgehead atoms. The Bertz CT molecular complexity index is 1280. The second-order valence-electron chi connectivity index (χ2n) is 10.2. The van der Waals surface area contributed by atoms with Crippen LogP contribution in [-0.2, 0) is 0 Å². The van der Waals surface area contributed by atoms with Crippen molar-refractivity contribution in [1.82, 2.24) is 4.57 Å². The highest BCUT2D eigenvalue weighted by molar-refractivity contribution is 6.10. The summed E-state index contributed by atoms with van der Waals surface area (Å²) >= 11 is 0. The average molecular weight is 395 g/mol. The van der Waals surface area contributed by atoms with Crippen LogP contribution in [-0.4, -0.2) is 16.1 Å². The molecule has 3 atom stereocenters. The molecule has 2 nitrogen and oxygen atoms in total. The molecule has 1 saturated carbocycles. The van der Waals surface area contributed by atoms with Crippen LogP contribution in [0.25, 0.3) is 27.5 Å². The van der Waals surface area contributed by atoms with E-state index >= 15 is 0 Å². The first-order chi connectivity index (χ1) is 14.4. The smallest absolute Gasteiger partial charge is 0.0545 e. The first kappa shape index (κ1) is 18.1. The molecule has 3 aromatic carbocycles. The van der Waals surface area contributed by atoms with Crippen molar-refractivity contribution in [2.45, 2.75) is 58.5 Å². The molecule has 2 heteroatoms. The third kappa shape index (κ3) is 2.25. The normalized spacial score (nSPS) is 28.1. The van der Waals surface area contributed by atoms with Crippen molar-refractivity contribution in [2.24, 2.45) is 5.41 Å². The van der Waals surface area contributed by atoms with Crippen molar-refractivity contribution < 1.29 is 0 Å². The van der Waals surface area contributed by atoms with Gasteiger partial charge in [0.2, 0.25) is 0 Å². The predicted octanol–water partition coefficient (Wildman–Crippen LogP) is 7.25. The largest absolute Gasteiger partial charge is 0.363 e. The number of piperidine rings is 1. The van der Waals surface area contributed by atoms with Gasteiger partial charge in [-0.1, -0.05) is 43.3 Å². The standard InChI is InChI=1S/C28H30N2/c1-19-16-26-23(17-25(19)30-20(2)27(3)14-15-28(30,4)18-27)22-12-8-9-13-24(22)29(26)21-10-6-5-7-11-21/h5-13,16-17,20H,14-15,18H2,1-4H3. The van der Waals surface area contributed by atoms with Crippen LogP contribution >= 0.6 is 0 Å². The Balaban J connectivity index is 1.64. The van der Waals surface area contributed by atoms with Crippen molar-refractivity contribution >= 4 is 27.5 Å². The van der Waals surface area contributed by atoms with Crippen molar-refractivity contribution in [3.8, 4) is 5.69 Å². The molecule has 1 saturated heterocycles. The number of benzene rings is 3. The van der Waals surface area contributed by atoms with Crippen LogP contribution in [0.15, 0.2) is 66.7 Å². The zero-order valence-electron chi connectivity index (χ0n) is 18.4. The lowest BCUT2D eigenvalue weighted by Crippen LogP contribution is -2.48. The van der Waals surface area contributed by atoms with Crippen LogP contribution in [0.4, 0.5) is 5.69 Å². The molecule has 30 heavy (non-hydrogen) atoms. The van der Waals surface area contributed by atoms with E-state index < -0.39 is 0 Å². The van der Waals surface area contributed by atoms with Gasteiger partial charge in [0.1, 0.15) is 0 Å². The van der Waals surface area contributed by atoms with Crippen LogP contribution in [0, 0.1) is 12.3 Å². The summed E-state index contributed by atoms with van der Waals surface area (Å²) in [4.78, 5) is 2.76. The summed E-state index contributed by atoms with van der Waals surface area (Å²) < 4.78 is 2.42. The molecule has 152 valence electrons. The molecule has 6 rings (SSSR count). The molecule has 1 aliphatic carbocycles. The number of hydrogen-bond donors (Lipinski definition) is 0. The molecule has 3 unspecified atom stereocenters. The molecule has 4 aromatic rings. The monoisotopic (exact) mass is 394 g/mol. The quantitative estimate of drug-likeness (QED) is 0.347. The molecule has 0 amide bonds. The van der Waals surface area contributed by atoms with E-state index in [1.54, 1.807) is 0 Å². The van der Waals surface area contributed by atoms with Gasteiger partial charge in [0, 0.05) is 33.7 Å². The third-order valence-electron chi connectivity index (χ3n) is 8.26. The SMILES string of the molecule is Cc1cc2c(cc1N1C(C)C3(C)CCC1(C)C3)c1ccccc1n2-c1ccccc1. The van der Waals surface area contributed by atoms with E-state index in [1.807, 2.05) is 0 Å². The van der Waals surface area contributed by atoms with Gasteiger partial charge in [0.05, 0.1) is 11.0 Å². The highest BCUT2D eigenvalue weighted by Gasteiger charge is 2.58.